The van der Waals surface area contributed by atoms with E-state index in [-0.39, 0.29) is 5.41 Å². The molecule has 3 saturated carbocycles. The number of allylic oxidation sites excluding steroid dienone is 4. The summed E-state index contributed by atoms with van der Waals surface area (Å²) in [4.78, 5) is 0. The van der Waals surface area contributed by atoms with Gasteiger partial charge in [-0.3, -0.25) is 0 Å². The summed E-state index contributed by atoms with van der Waals surface area (Å²) in [6.07, 6.45) is 20.2. The Morgan fingerprint density at radius 3 is 1.78 bits per heavy atom. The van der Waals surface area contributed by atoms with Gasteiger partial charge < -0.3 is 0 Å². The Labute approximate surface area is 297 Å². The van der Waals surface area contributed by atoms with E-state index in [0.29, 0.717) is 5.92 Å². The molecule has 0 heterocycles. The zero-order valence-electron chi connectivity index (χ0n) is 29.5. The van der Waals surface area contributed by atoms with Crippen molar-refractivity contribution in [3.05, 3.63) is 150 Å². The molecule has 0 aromatic heterocycles. The quantitative estimate of drug-likeness (QED) is 0.163. The van der Waals surface area contributed by atoms with Crippen molar-refractivity contribution >= 4 is 37.9 Å². The van der Waals surface area contributed by atoms with Crippen LogP contribution in [0.1, 0.15) is 87.3 Å². The minimum atomic E-state index is 0.0460. The summed E-state index contributed by atoms with van der Waals surface area (Å²) in [6, 6.07) is 43.8. The molecule has 2 atom stereocenters. The Hall–Kier alpha value is -4.42. The molecule has 50 heavy (non-hydrogen) atoms. The van der Waals surface area contributed by atoms with Crippen molar-refractivity contribution in [3.8, 4) is 11.1 Å². The van der Waals surface area contributed by atoms with E-state index in [1.54, 1.807) is 5.56 Å². The molecule has 0 heteroatoms. The number of benzene rings is 6. The largest absolute Gasteiger partial charge is 0.0727 e. The summed E-state index contributed by atoms with van der Waals surface area (Å²) >= 11 is 0. The number of rotatable bonds is 5. The molecule has 0 bridgehead atoms. The van der Waals surface area contributed by atoms with Gasteiger partial charge in [0.25, 0.3) is 0 Å². The van der Waals surface area contributed by atoms with Crippen molar-refractivity contribution in [1.29, 1.82) is 0 Å². The van der Waals surface area contributed by atoms with Crippen LogP contribution < -0.4 is 0 Å². The Bertz CT molecular complexity index is 2220. The standard InChI is InChI=1S/C50H48/c1-33-17-19-34(20-18-33)35-21-23-36(24-22-35)37-25-27-39(28-26-37)48-44-12-4-6-14-46(44)49(47-15-7-5-13-45(47)48)50-30-29-40(31-41(50)32-50)43-16-8-10-38-9-2-3-11-42(38)43/h2-16,25-31,33-36,41H,17-24,32H2,1H3. The van der Waals surface area contributed by atoms with Gasteiger partial charge in [-0.15, -0.1) is 0 Å². The number of hydrogen-bond donors (Lipinski definition) is 0. The van der Waals surface area contributed by atoms with E-state index in [0.717, 1.165) is 23.7 Å². The van der Waals surface area contributed by atoms with Crippen LogP contribution in [0.15, 0.2) is 133 Å². The molecule has 4 aliphatic rings. The molecule has 3 fully saturated rings. The van der Waals surface area contributed by atoms with Gasteiger partial charge in [-0.2, -0.15) is 0 Å². The van der Waals surface area contributed by atoms with Gasteiger partial charge in [-0.1, -0.05) is 153 Å². The topological polar surface area (TPSA) is 0 Å². The molecule has 0 N–H and O–H groups in total. The molecular formula is C50H48. The lowest BCUT2D eigenvalue weighted by atomic mass is 9.68. The van der Waals surface area contributed by atoms with Crippen LogP contribution >= 0.6 is 0 Å². The van der Waals surface area contributed by atoms with Crippen molar-refractivity contribution < 1.29 is 0 Å². The Balaban J connectivity index is 0.981. The monoisotopic (exact) mass is 648 g/mol. The van der Waals surface area contributed by atoms with Gasteiger partial charge >= 0.3 is 0 Å². The Morgan fingerprint density at radius 2 is 1.12 bits per heavy atom. The zero-order chi connectivity index (χ0) is 33.2. The number of fused-ring (bicyclic) bond motifs is 4. The highest BCUT2D eigenvalue weighted by atomic mass is 14.6. The van der Waals surface area contributed by atoms with Crippen LogP contribution in [0, 0.1) is 23.7 Å². The molecular weight excluding hydrogens is 601 g/mol. The first kappa shape index (κ1) is 30.4. The predicted molar refractivity (Wildman–Crippen MR) is 214 cm³/mol. The van der Waals surface area contributed by atoms with E-state index in [9.17, 15) is 0 Å². The summed E-state index contributed by atoms with van der Waals surface area (Å²) in [5, 5.41) is 8.24. The molecule has 10 rings (SSSR count). The van der Waals surface area contributed by atoms with E-state index in [1.165, 1.54) is 118 Å². The molecule has 0 amide bonds. The molecule has 6 aromatic rings. The van der Waals surface area contributed by atoms with Crippen molar-refractivity contribution in [3.63, 3.8) is 0 Å². The van der Waals surface area contributed by atoms with Crippen molar-refractivity contribution in [2.75, 3.05) is 0 Å². The molecule has 0 aliphatic heterocycles. The van der Waals surface area contributed by atoms with Crippen LogP contribution in [0.3, 0.4) is 0 Å². The van der Waals surface area contributed by atoms with Crippen LogP contribution in [0.5, 0.6) is 0 Å². The van der Waals surface area contributed by atoms with Crippen LogP contribution in [0.2, 0.25) is 0 Å². The molecule has 0 saturated heterocycles. The van der Waals surface area contributed by atoms with Crippen LogP contribution in [0.4, 0.5) is 0 Å². The third-order valence-corrected chi connectivity index (χ3v) is 13.7. The minimum Gasteiger partial charge on any atom is -0.0727 e. The molecule has 0 nitrogen and oxygen atoms in total. The van der Waals surface area contributed by atoms with Gasteiger partial charge in [0.05, 0.1) is 0 Å². The van der Waals surface area contributed by atoms with Gasteiger partial charge in [0.1, 0.15) is 0 Å². The first-order chi connectivity index (χ1) is 24.7. The lowest BCUT2D eigenvalue weighted by Crippen LogP contribution is -2.24. The van der Waals surface area contributed by atoms with Crippen LogP contribution in [0.25, 0.3) is 49.0 Å². The minimum absolute atomic E-state index is 0.0460. The average Bonchev–Trinajstić information content (AvgIpc) is 3.92. The maximum atomic E-state index is 2.57. The maximum Gasteiger partial charge on any atom is 0.0217 e. The molecule has 0 spiro atoms. The molecule has 6 aromatic carbocycles. The zero-order valence-corrected chi connectivity index (χ0v) is 29.5. The van der Waals surface area contributed by atoms with Gasteiger partial charge in [0.2, 0.25) is 0 Å². The second-order valence-electron chi connectivity index (χ2n) is 16.4. The summed E-state index contributed by atoms with van der Waals surface area (Å²) in [5.74, 6) is 4.15. The highest BCUT2D eigenvalue weighted by Crippen LogP contribution is 2.63. The lowest BCUT2D eigenvalue weighted by Gasteiger charge is -2.37. The third kappa shape index (κ3) is 5.01. The second kappa shape index (κ2) is 12.1. The van der Waals surface area contributed by atoms with E-state index in [1.807, 2.05) is 0 Å². The lowest BCUT2D eigenvalue weighted by molar-refractivity contribution is 0.165. The third-order valence-electron chi connectivity index (χ3n) is 13.7. The fourth-order valence-electron chi connectivity index (χ4n) is 10.8. The average molecular weight is 649 g/mol. The predicted octanol–water partition coefficient (Wildman–Crippen LogP) is 13.8. The molecule has 0 radical (unpaired) electrons. The summed E-state index contributed by atoms with van der Waals surface area (Å²) in [6.45, 7) is 2.45. The second-order valence-corrected chi connectivity index (χ2v) is 16.4. The summed E-state index contributed by atoms with van der Waals surface area (Å²) < 4.78 is 0. The Kier molecular flexibility index (Phi) is 7.37. The highest BCUT2D eigenvalue weighted by Gasteiger charge is 2.55. The smallest absolute Gasteiger partial charge is 0.0217 e. The fourth-order valence-corrected chi connectivity index (χ4v) is 10.8. The van der Waals surface area contributed by atoms with Crippen molar-refractivity contribution in [1.82, 2.24) is 0 Å². The van der Waals surface area contributed by atoms with E-state index in [2.05, 4.69) is 140 Å². The maximum absolute atomic E-state index is 2.57. The van der Waals surface area contributed by atoms with Crippen LogP contribution in [-0.2, 0) is 5.41 Å². The summed E-state index contributed by atoms with van der Waals surface area (Å²) in [7, 11) is 0. The van der Waals surface area contributed by atoms with E-state index < -0.39 is 0 Å². The fraction of sp³-hybridized carbons (Fsp3) is 0.320. The Morgan fingerprint density at radius 1 is 0.540 bits per heavy atom. The molecule has 4 aliphatic carbocycles. The van der Waals surface area contributed by atoms with Gasteiger partial charge in [-0.25, -0.2) is 0 Å². The van der Waals surface area contributed by atoms with Crippen molar-refractivity contribution in [2.45, 2.75) is 76.0 Å². The van der Waals surface area contributed by atoms with Gasteiger partial charge in [0, 0.05) is 5.41 Å². The van der Waals surface area contributed by atoms with Gasteiger partial charge in [-0.05, 0) is 140 Å². The van der Waals surface area contributed by atoms with Gasteiger partial charge in [0.15, 0.2) is 0 Å². The van der Waals surface area contributed by atoms with Crippen molar-refractivity contribution in [2.24, 2.45) is 23.7 Å². The summed E-state index contributed by atoms with van der Waals surface area (Å²) in [5.41, 5.74) is 8.56. The first-order valence-corrected chi connectivity index (χ1v) is 19.6. The highest BCUT2D eigenvalue weighted by molar-refractivity contribution is 6.16. The number of hydrogen-bond acceptors (Lipinski definition) is 0. The van der Waals surface area contributed by atoms with E-state index in [4.69, 9.17) is 0 Å². The normalized spacial score (nSPS) is 27.7. The SMILES string of the molecule is CC1CCC(C2CCC(c3ccc(-c4c5ccccc5c(C56C=CC(c7cccc8ccccc78)=CC5C6)c5ccccc45)cc3)CC2)CC1. The molecule has 2 unspecified atom stereocenters. The van der Waals surface area contributed by atoms with Crippen LogP contribution in [-0.4, -0.2) is 0 Å². The van der Waals surface area contributed by atoms with E-state index >= 15 is 0 Å². The molecule has 248 valence electrons. The first-order valence-electron chi connectivity index (χ1n) is 19.6.